The normalized spacial score (nSPS) is 10.5. The van der Waals surface area contributed by atoms with Crippen LogP contribution >= 0.6 is 0 Å². The molecular formula is C16H19N3O3. The Balaban J connectivity index is 2.19. The summed E-state index contributed by atoms with van der Waals surface area (Å²) in [6.45, 7) is 3.90. The molecule has 22 heavy (non-hydrogen) atoms. The van der Waals surface area contributed by atoms with Crippen LogP contribution in [0.3, 0.4) is 0 Å². The van der Waals surface area contributed by atoms with Crippen molar-refractivity contribution >= 4 is 17.6 Å². The van der Waals surface area contributed by atoms with Gasteiger partial charge in [-0.3, -0.25) is 9.78 Å². The van der Waals surface area contributed by atoms with E-state index in [0.717, 1.165) is 19.3 Å². The second-order valence-electron chi connectivity index (χ2n) is 5.09. The number of H-pyrrole nitrogens is 1. The van der Waals surface area contributed by atoms with Crippen molar-refractivity contribution in [2.75, 3.05) is 5.32 Å². The van der Waals surface area contributed by atoms with Gasteiger partial charge in [-0.25, -0.2) is 9.78 Å². The molecule has 0 spiro atoms. The van der Waals surface area contributed by atoms with Crippen LogP contribution in [0.4, 0.5) is 11.6 Å². The molecule has 2 rings (SSSR count). The van der Waals surface area contributed by atoms with E-state index in [1.54, 1.807) is 12.1 Å². The van der Waals surface area contributed by atoms with Gasteiger partial charge in [-0.05, 0) is 44.0 Å². The average molecular weight is 301 g/mol. The number of aryl methyl sites for hydroxylation is 1. The van der Waals surface area contributed by atoms with Crippen molar-refractivity contribution in [1.29, 1.82) is 0 Å². The number of benzene rings is 1. The molecule has 0 unspecified atom stereocenters. The molecule has 1 aromatic heterocycles. The van der Waals surface area contributed by atoms with E-state index >= 15 is 0 Å². The van der Waals surface area contributed by atoms with Crippen molar-refractivity contribution in [1.82, 2.24) is 9.97 Å². The molecule has 116 valence electrons. The van der Waals surface area contributed by atoms with Crippen LogP contribution in [0.2, 0.25) is 0 Å². The lowest BCUT2D eigenvalue weighted by molar-refractivity contribution is 0.0697. The van der Waals surface area contributed by atoms with E-state index in [2.05, 4.69) is 22.2 Å². The standard InChI is InChI=1S/C16H19N3O3/c1-3-4-5-13-10(2)17-16(19-14(13)20)18-12-8-6-11(7-9-12)15(21)22/h6-9H,3-5H2,1-2H3,(H,21,22)(H2,17,18,19,20). The van der Waals surface area contributed by atoms with Gasteiger partial charge < -0.3 is 10.4 Å². The van der Waals surface area contributed by atoms with E-state index in [1.807, 2.05) is 6.92 Å². The van der Waals surface area contributed by atoms with Gasteiger partial charge in [0.2, 0.25) is 5.95 Å². The molecule has 0 saturated carbocycles. The van der Waals surface area contributed by atoms with Crippen LogP contribution in [-0.2, 0) is 6.42 Å². The zero-order chi connectivity index (χ0) is 16.1. The number of hydrogen-bond acceptors (Lipinski definition) is 4. The smallest absolute Gasteiger partial charge is 0.335 e. The van der Waals surface area contributed by atoms with Gasteiger partial charge in [0.05, 0.1) is 5.56 Å². The van der Waals surface area contributed by atoms with Crippen molar-refractivity contribution in [3.63, 3.8) is 0 Å². The lowest BCUT2D eigenvalue weighted by Gasteiger charge is -2.09. The molecule has 0 aliphatic carbocycles. The Morgan fingerprint density at radius 2 is 2.00 bits per heavy atom. The number of nitrogens with one attached hydrogen (secondary N) is 2. The maximum atomic E-state index is 12.1. The highest BCUT2D eigenvalue weighted by atomic mass is 16.4. The number of carboxylic acid groups (broad SMARTS) is 1. The summed E-state index contributed by atoms with van der Waals surface area (Å²) in [5.41, 5.74) is 2.16. The van der Waals surface area contributed by atoms with Gasteiger partial charge in [0.15, 0.2) is 0 Å². The minimum Gasteiger partial charge on any atom is -0.478 e. The van der Waals surface area contributed by atoms with Gasteiger partial charge >= 0.3 is 5.97 Å². The van der Waals surface area contributed by atoms with Gasteiger partial charge in [0.25, 0.3) is 5.56 Å². The molecule has 1 aromatic carbocycles. The van der Waals surface area contributed by atoms with Crippen molar-refractivity contribution in [2.24, 2.45) is 0 Å². The van der Waals surface area contributed by atoms with Crippen molar-refractivity contribution in [3.8, 4) is 0 Å². The molecule has 2 aromatic rings. The first kappa shape index (κ1) is 15.8. The molecule has 0 fully saturated rings. The quantitative estimate of drug-likeness (QED) is 0.762. The molecule has 3 N–H and O–H groups in total. The zero-order valence-electron chi connectivity index (χ0n) is 12.6. The van der Waals surface area contributed by atoms with Crippen LogP contribution in [-0.4, -0.2) is 21.0 Å². The maximum Gasteiger partial charge on any atom is 0.335 e. The average Bonchev–Trinajstić information content (AvgIpc) is 2.47. The largest absolute Gasteiger partial charge is 0.478 e. The summed E-state index contributed by atoms with van der Waals surface area (Å²) in [4.78, 5) is 30.0. The molecule has 0 radical (unpaired) electrons. The van der Waals surface area contributed by atoms with Gasteiger partial charge in [-0.1, -0.05) is 13.3 Å². The summed E-state index contributed by atoms with van der Waals surface area (Å²) in [5, 5.41) is 11.8. The highest BCUT2D eigenvalue weighted by Gasteiger charge is 2.08. The molecule has 6 heteroatoms. The lowest BCUT2D eigenvalue weighted by atomic mass is 10.1. The first-order valence-corrected chi connectivity index (χ1v) is 7.21. The first-order valence-electron chi connectivity index (χ1n) is 7.21. The number of nitrogens with zero attached hydrogens (tertiary/aromatic N) is 1. The third kappa shape index (κ3) is 3.72. The Hall–Kier alpha value is -2.63. The SMILES string of the molecule is CCCCc1c(C)nc(Nc2ccc(C(=O)O)cc2)[nH]c1=O. The minimum atomic E-state index is -0.978. The Labute approximate surface area is 128 Å². The maximum absolute atomic E-state index is 12.1. The number of rotatable bonds is 6. The van der Waals surface area contributed by atoms with Crippen molar-refractivity contribution in [2.45, 2.75) is 33.1 Å². The number of aromatic amines is 1. The predicted molar refractivity (Wildman–Crippen MR) is 84.9 cm³/mol. The highest BCUT2D eigenvalue weighted by molar-refractivity contribution is 5.88. The third-order valence-electron chi connectivity index (χ3n) is 3.40. The van der Waals surface area contributed by atoms with Gasteiger partial charge in [0, 0.05) is 16.9 Å². The summed E-state index contributed by atoms with van der Waals surface area (Å²) in [5.74, 6) is -0.625. The summed E-state index contributed by atoms with van der Waals surface area (Å²) in [6.07, 6.45) is 2.70. The summed E-state index contributed by atoms with van der Waals surface area (Å²) in [6, 6.07) is 6.24. The van der Waals surface area contributed by atoms with Crippen molar-refractivity contribution < 1.29 is 9.90 Å². The Bertz CT molecular complexity index is 720. The molecule has 0 atom stereocenters. The number of hydrogen-bond donors (Lipinski definition) is 3. The van der Waals surface area contributed by atoms with Crippen LogP contribution in [0.25, 0.3) is 0 Å². The van der Waals surface area contributed by atoms with Gasteiger partial charge in [-0.2, -0.15) is 0 Å². The molecule has 0 saturated heterocycles. The van der Waals surface area contributed by atoms with Gasteiger partial charge in [0.1, 0.15) is 0 Å². The lowest BCUT2D eigenvalue weighted by Crippen LogP contribution is -2.18. The molecule has 6 nitrogen and oxygen atoms in total. The second kappa shape index (κ2) is 6.89. The fourth-order valence-electron chi connectivity index (χ4n) is 2.15. The number of carbonyl (C=O) groups is 1. The highest BCUT2D eigenvalue weighted by Crippen LogP contribution is 2.14. The topological polar surface area (TPSA) is 95.1 Å². The number of anilines is 2. The molecule has 0 bridgehead atoms. The van der Waals surface area contributed by atoms with Crippen LogP contribution in [0, 0.1) is 6.92 Å². The van der Waals surface area contributed by atoms with Crippen LogP contribution < -0.4 is 10.9 Å². The monoisotopic (exact) mass is 301 g/mol. The Kier molecular flexibility index (Phi) is 4.93. The zero-order valence-corrected chi connectivity index (χ0v) is 12.6. The minimum absolute atomic E-state index is 0.134. The van der Waals surface area contributed by atoms with E-state index in [0.29, 0.717) is 22.9 Å². The molecule has 1 heterocycles. The number of aromatic carboxylic acids is 1. The second-order valence-corrected chi connectivity index (χ2v) is 5.09. The summed E-state index contributed by atoms with van der Waals surface area (Å²) < 4.78 is 0. The third-order valence-corrected chi connectivity index (χ3v) is 3.40. The van der Waals surface area contributed by atoms with Gasteiger partial charge in [-0.15, -0.1) is 0 Å². The Morgan fingerprint density at radius 3 is 2.55 bits per heavy atom. The molecular weight excluding hydrogens is 282 g/mol. The number of carboxylic acids is 1. The number of aromatic nitrogens is 2. The van der Waals surface area contributed by atoms with Crippen molar-refractivity contribution in [3.05, 3.63) is 51.4 Å². The van der Waals surface area contributed by atoms with E-state index < -0.39 is 5.97 Å². The predicted octanol–water partition coefficient (Wildman–Crippen LogP) is 2.86. The van der Waals surface area contributed by atoms with E-state index in [-0.39, 0.29) is 11.1 Å². The molecule has 0 amide bonds. The van der Waals surface area contributed by atoms with E-state index in [1.165, 1.54) is 12.1 Å². The summed E-state index contributed by atoms with van der Waals surface area (Å²) >= 11 is 0. The first-order chi connectivity index (χ1) is 10.5. The fourth-order valence-corrected chi connectivity index (χ4v) is 2.15. The van der Waals surface area contributed by atoms with Crippen LogP contribution in [0.1, 0.15) is 41.4 Å². The number of unbranched alkanes of at least 4 members (excludes halogenated alkanes) is 1. The van der Waals surface area contributed by atoms with E-state index in [4.69, 9.17) is 5.11 Å². The molecule has 0 aliphatic rings. The van der Waals surface area contributed by atoms with Crippen LogP contribution in [0.15, 0.2) is 29.1 Å². The fraction of sp³-hybridized carbons (Fsp3) is 0.312. The Morgan fingerprint density at radius 1 is 1.32 bits per heavy atom. The van der Waals surface area contributed by atoms with Crippen LogP contribution in [0.5, 0.6) is 0 Å². The molecule has 0 aliphatic heterocycles. The van der Waals surface area contributed by atoms with E-state index in [9.17, 15) is 9.59 Å². The summed E-state index contributed by atoms with van der Waals surface area (Å²) in [7, 11) is 0.